The van der Waals surface area contributed by atoms with Gasteiger partial charge in [-0.1, -0.05) is 12.1 Å². The molecule has 1 aromatic rings. The van der Waals surface area contributed by atoms with Gasteiger partial charge in [-0.2, -0.15) is 13.2 Å². The van der Waals surface area contributed by atoms with E-state index >= 15 is 0 Å². The molecule has 1 aromatic carbocycles. The number of carbonyl (C=O) groups excluding carboxylic acids is 2. The van der Waals surface area contributed by atoms with Gasteiger partial charge in [-0.05, 0) is 43.2 Å². The Morgan fingerprint density at radius 1 is 1.11 bits per heavy atom. The third-order valence-electron chi connectivity index (χ3n) is 5.83. The van der Waals surface area contributed by atoms with E-state index in [-0.39, 0.29) is 34.8 Å². The van der Waals surface area contributed by atoms with Crippen molar-refractivity contribution >= 4 is 11.9 Å². The summed E-state index contributed by atoms with van der Waals surface area (Å²) in [5.74, 6) is -0.548. The predicted molar refractivity (Wildman–Crippen MR) is 86.7 cm³/mol. The number of hydrogen-bond donors (Lipinski definition) is 1. The Morgan fingerprint density at radius 3 is 2.19 bits per heavy atom. The highest BCUT2D eigenvalue weighted by Crippen LogP contribution is 2.59. The lowest BCUT2D eigenvalue weighted by Crippen LogP contribution is -2.57. The molecule has 3 aliphatic rings. The predicted octanol–water partition coefficient (Wildman–Crippen LogP) is 3.33. The zero-order valence-corrected chi connectivity index (χ0v) is 14.5. The minimum Gasteiger partial charge on any atom is -0.469 e. The summed E-state index contributed by atoms with van der Waals surface area (Å²) in [5.41, 5.74) is -2.16. The largest absolute Gasteiger partial charge is 0.469 e. The molecule has 1 N–H and O–H groups in total. The zero-order valence-electron chi connectivity index (χ0n) is 14.5. The fourth-order valence-corrected chi connectivity index (χ4v) is 4.31. The maximum Gasteiger partial charge on any atom is 0.442 e. The van der Waals surface area contributed by atoms with Crippen molar-refractivity contribution in [3.8, 4) is 0 Å². The number of alkyl halides is 3. The Labute approximate surface area is 153 Å². The SMILES string of the molecule is COC(=O)C1CC2(CC(NC(=O)c3ccc(C4(C(F)(F)F)N=N4)cc3)C2)C1. The van der Waals surface area contributed by atoms with Gasteiger partial charge in [0.2, 0.25) is 0 Å². The molecule has 0 radical (unpaired) electrons. The van der Waals surface area contributed by atoms with Crippen LogP contribution in [0.4, 0.5) is 13.2 Å². The molecule has 0 atom stereocenters. The molecule has 1 spiro atoms. The number of benzene rings is 1. The van der Waals surface area contributed by atoms with Crippen molar-refractivity contribution < 1.29 is 27.5 Å². The lowest BCUT2D eigenvalue weighted by Gasteiger charge is -2.56. The highest BCUT2D eigenvalue weighted by Gasteiger charge is 2.65. The Hall–Kier alpha value is -2.45. The van der Waals surface area contributed by atoms with Crippen LogP contribution in [-0.4, -0.2) is 31.2 Å². The van der Waals surface area contributed by atoms with Crippen molar-refractivity contribution in [1.29, 1.82) is 0 Å². The fraction of sp³-hybridized carbons (Fsp3) is 0.556. The van der Waals surface area contributed by atoms with Crippen LogP contribution in [0.2, 0.25) is 0 Å². The summed E-state index contributed by atoms with van der Waals surface area (Å²) in [6.07, 6.45) is -1.40. The van der Waals surface area contributed by atoms with Gasteiger partial charge < -0.3 is 10.1 Å². The number of carbonyl (C=O) groups is 2. The normalized spacial score (nSPS) is 30.2. The van der Waals surface area contributed by atoms with E-state index in [1.807, 2.05) is 0 Å². The first-order valence-corrected chi connectivity index (χ1v) is 8.68. The molecular formula is C18H18F3N3O3. The van der Waals surface area contributed by atoms with Crippen molar-refractivity contribution in [1.82, 2.24) is 5.32 Å². The van der Waals surface area contributed by atoms with Gasteiger partial charge >= 0.3 is 17.8 Å². The Morgan fingerprint density at radius 2 is 1.70 bits per heavy atom. The number of halogens is 3. The molecule has 4 rings (SSSR count). The van der Waals surface area contributed by atoms with E-state index in [1.165, 1.54) is 31.4 Å². The van der Waals surface area contributed by atoms with E-state index in [1.54, 1.807) is 0 Å². The molecule has 1 amide bonds. The Balaban J connectivity index is 1.30. The molecule has 144 valence electrons. The average Bonchev–Trinajstić information content (AvgIpc) is 3.36. The first-order valence-electron chi connectivity index (χ1n) is 8.68. The summed E-state index contributed by atoms with van der Waals surface area (Å²) in [6, 6.07) is 5.19. The number of esters is 1. The first-order chi connectivity index (χ1) is 12.7. The van der Waals surface area contributed by atoms with E-state index in [4.69, 9.17) is 4.74 Å². The number of methoxy groups -OCH3 is 1. The maximum absolute atomic E-state index is 13.0. The fourth-order valence-electron chi connectivity index (χ4n) is 4.31. The first kappa shape index (κ1) is 17.9. The molecule has 0 aromatic heterocycles. The highest BCUT2D eigenvalue weighted by atomic mass is 19.4. The van der Waals surface area contributed by atoms with Crippen molar-refractivity contribution in [3.05, 3.63) is 35.4 Å². The monoisotopic (exact) mass is 381 g/mol. The van der Waals surface area contributed by atoms with Crippen LogP contribution in [0.25, 0.3) is 0 Å². The second kappa shape index (κ2) is 5.77. The molecule has 2 fully saturated rings. The third-order valence-corrected chi connectivity index (χ3v) is 5.83. The van der Waals surface area contributed by atoms with Crippen molar-refractivity contribution in [3.63, 3.8) is 0 Å². The molecule has 27 heavy (non-hydrogen) atoms. The summed E-state index contributed by atoms with van der Waals surface area (Å²) < 4.78 is 43.7. The van der Waals surface area contributed by atoms with Crippen LogP contribution in [0, 0.1) is 11.3 Å². The van der Waals surface area contributed by atoms with Gasteiger partial charge in [-0.3, -0.25) is 9.59 Å². The molecule has 1 aliphatic heterocycles. The average molecular weight is 381 g/mol. The van der Waals surface area contributed by atoms with Crippen LogP contribution in [-0.2, 0) is 15.2 Å². The van der Waals surface area contributed by atoms with E-state index in [9.17, 15) is 22.8 Å². The topological polar surface area (TPSA) is 80.1 Å². The van der Waals surface area contributed by atoms with E-state index in [2.05, 4.69) is 15.5 Å². The number of amides is 1. The number of rotatable bonds is 4. The zero-order chi connectivity index (χ0) is 19.4. The van der Waals surface area contributed by atoms with Crippen LogP contribution in [0.5, 0.6) is 0 Å². The number of ether oxygens (including phenoxy) is 1. The van der Waals surface area contributed by atoms with Crippen LogP contribution in [0.15, 0.2) is 34.5 Å². The van der Waals surface area contributed by atoms with Crippen LogP contribution in [0.3, 0.4) is 0 Å². The number of nitrogens with zero attached hydrogens (tertiary/aromatic N) is 2. The minimum absolute atomic E-state index is 0.0192. The van der Waals surface area contributed by atoms with Gasteiger partial charge in [0.05, 0.1) is 13.0 Å². The lowest BCUT2D eigenvalue weighted by molar-refractivity contribution is -0.166. The molecular weight excluding hydrogens is 363 g/mol. The quantitative estimate of drug-likeness (QED) is 0.813. The van der Waals surface area contributed by atoms with E-state index < -0.39 is 11.8 Å². The summed E-state index contributed by atoms with van der Waals surface area (Å²) in [4.78, 5) is 23.8. The lowest BCUT2D eigenvalue weighted by atomic mass is 9.50. The van der Waals surface area contributed by atoms with Crippen molar-refractivity contribution in [2.24, 2.45) is 21.6 Å². The third kappa shape index (κ3) is 2.89. The number of nitrogens with one attached hydrogen (secondary N) is 1. The minimum atomic E-state index is -4.58. The molecule has 1 heterocycles. The maximum atomic E-state index is 13.0. The van der Waals surface area contributed by atoms with Gasteiger partial charge in [0.1, 0.15) is 0 Å². The highest BCUT2D eigenvalue weighted by molar-refractivity contribution is 5.94. The second-order valence-corrected chi connectivity index (χ2v) is 7.65. The molecule has 0 bridgehead atoms. The molecule has 0 unspecified atom stereocenters. The van der Waals surface area contributed by atoms with E-state index in [0.717, 1.165) is 25.7 Å². The van der Waals surface area contributed by atoms with Gasteiger partial charge in [0, 0.05) is 17.2 Å². The summed E-state index contributed by atoms with van der Waals surface area (Å²) in [5, 5.41) is 9.18. The second-order valence-electron chi connectivity index (χ2n) is 7.65. The van der Waals surface area contributed by atoms with Crippen molar-refractivity contribution in [2.45, 2.75) is 43.6 Å². The Bertz CT molecular complexity index is 799. The summed E-state index contributed by atoms with van der Waals surface area (Å²) in [7, 11) is 1.38. The van der Waals surface area contributed by atoms with Crippen LogP contribution in [0.1, 0.15) is 41.6 Å². The molecule has 9 heteroatoms. The summed E-state index contributed by atoms with van der Waals surface area (Å²) >= 11 is 0. The van der Waals surface area contributed by atoms with E-state index in [0.29, 0.717) is 5.56 Å². The van der Waals surface area contributed by atoms with Gasteiger partial charge in [-0.25, -0.2) is 0 Å². The number of hydrogen-bond acceptors (Lipinski definition) is 5. The van der Waals surface area contributed by atoms with Crippen molar-refractivity contribution in [2.75, 3.05) is 7.11 Å². The summed E-state index contributed by atoms with van der Waals surface area (Å²) in [6.45, 7) is 0. The van der Waals surface area contributed by atoms with Crippen LogP contribution < -0.4 is 5.32 Å². The Kier molecular flexibility index (Phi) is 3.83. The molecule has 0 saturated heterocycles. The van der Waals surface area contributed by atoms with Gasteiger partial charge in [0.15, 0.2) is 0 Å². The molecule has 2 aliphatic carbocycles. The van der Waals surface area contributed by atoms with Gasteiger partial charge in [0.25, 0.3) is 5.91 Å². The van der Waals surface area contributed by atoms with Gasteiger partial charge in [-0.15, -0.1) is 10.2 Å². The molecule has 2 saturated carbocycles. The standard InChI is InChI=1S/C18H18F3N3O3/c1-27-15(26)11-6-16(7-11)8-13(9-16)22-14(25)10-2-4-12(5-3-10)17(23-24-17)18(19,20)21/h2-5,11,13H,6-9H2,1H3,(H,22,25). The smallest absolute Gasteiger partial charge is 0.442 e. The van der Waals surface area contributed by atoms with Crippen LogP contribution >= 0.6 is 0 Å². The molecule has 6 nitrogen and oxygen atoms in total.